The quantitative estimate of drug-likeness (QED) is 0.759. The molecule has 2 rings (SSSR count). The van der Waals surface area contributed by atoms with Gasteiger partial charge in [0.25, 0.3) is 0 Å². The minimum atomic E-state index is -0.0464. The molecule has 0 aromatic carbocycles. The number of likely N-dealkylation sites (tertiary alicyclic amines) is 1. The minimum Gasteiger partial charge on any atom is -0.396 e. The van der Waals surface area contributed by atoms with Crippen LogP contribution in [-0.2, 0) is 0 Å². The van der Waals surface area contributed by atoms with E-state index in [1.54, 1.807) is 0 Å². The highest BCUT2D eigenvalue weighted by Gasteiger charge is 2.35. The van der Waals surface area contributed by atoms with E-state index in [1.165, 1.54) is 12.8 Å². The van der Waals surface area contributed by atoms with Crippen molar-refractivity contribution in [2.24, 2.45) is 5.41 Å². The molecule has 0 aromatic heterocycles. The second-order valence-corrected chi connectivity index (χ2v) is 7.44. The summed E-state index contributed by atoms with van der Waals surface area (Å²) in [6.07, 6.45) is 5.44. The number of likely N-dealkylation sites (N-methyl/N-ethyl adjacent to an activating group) is 1. The molecule has 0 aliphatic carbocycles. The van der Waals surface area contributed by atoms with Gasteiger partial charge in [0.2, 0.25) is 0 Å². The molecule has 122 valence electrons. The Morgan fingerprint density at radius 3 is 2.71 bits per heavy atom. The van der Waals surface area contributed by atoms with Crippen molar-refractivity contribution in [1.29, 1.82) is 0 Å². The zero-order chi connectivity index (χ0) is 15.5. The molecule has 2 aliphatic rings. The summed E-state index contributed by atoms with van der Waals surface area (Å²) in [4.78, 5) is 16.7. The van der Waals surface area contributed by atoms with Crippen LogP contribution in [0.25, 0.3) is 0 Å². The molecule has 2 saturated heterocycles. The molecule has 2 heterocycles. The molecule has 0 spiro atoms. The molecule has 5 heteroatoms. The number of urea groups is 1. The molecule has 2 amide bonds. The molecule has 5 nitrogen and oxygen atoms in total. The van der Waals surface area contributed by atoms with Gasteiger partial charge in [-0.25, -0.2) is 4.79 Å². The van der Waals surface area contributed by atoms with Crippen molar-refractivity contribution in [3.05, 3.63) is 0 Å². The fraction of sp³-hybridized carbons (Fsp3) is 0.938. The maximum absolute atomic E-state index is 12.3. The van der Waals surface area contributed by atoms with Gasteiger partial charge in [-0.15, -0.1) is 0 Å². The number of carbonyl (C=O) groups excluding carboxylic acids is 1. The number of aliphatic hydroxyl groups is 1. The van der Waals surface area contributed by atoms with Gasteiger partial charge < -0.3 is 15.3 Å². The van der Waals surface area contributed by atoms with Crippen molar-refractivity contribution in [1.82, 2.24) is 15.1 Å². The fourth-order valence-electron chi connectivity index (χ4n) is 3.45. The van der Waals surface area contributed by atoms with Crippen LogP contribution in [0.15, 0.2) is 0 Å². The summed E-state index contributed by atoms with van der Waals surface area (Å²) >= 11 is 0. The summed E-state index contributed by atoms with van der Waals surface area (Å²) in [5.74, 6) is 0. The third-order valence-electron chi connectivity index (χ3n) is 5.17. The second kappa shape index (κ2) is 6.97. The Balaban J connectivity index is 1.71. The van der Waals surface area contributed by atoms with Crippen LogP contribution in [0.1, 0.15) is 46.0 Å². The third kappa shape index (κ3) is 4.33. The summed E-state index contributed by atoms with van der Waals surface area (Å²) in [5, 5.41) is 12.3. The zero-order valence-corrected chi connectivity index (χ0v) is 13.8. The number of rotatable bonds is 5. The van der Waals surface area contributed by atoms with Crippen molar-refractivity contribution < 1.29 is 9.90 Å². The highest BCUT2D eigenvalue weighted by atomic mass is 16.3. The van der Waals surface area contributed by atoms with Crippen LogP contribution in [0, 0.1) is 5.41 Å². The third-order valence-corrected chi connectivity index (χ3v) is 5.17. The number of fused-ring (bicyclic) bond motifs is 2. The van der Waals surface area contributed by atoms with Crippen molar-refractivity contribution in [3.63, 3.8) is 0 Å². The molecular formula is C16H31N3O2. The molecule has 2 bridgehead atoms. The lowest BCUT2D eigenvalue weighted by molar-refractivity contribution is 0.147. The lowest BCUT2D eigenvalue weighted by atomic mass is 9.89. The van der Waals surface area contributed by atoms with Gasteiger partial charge in [0.15, 0.2) is 0 Å². The molecule has 0 radical (unpaired) electrons. The molecule has 2 N–H and O–H groups in total. The van der Waals surface area contributed by atoms with E-state index in [9.17, 15) is 9.90 Å². The molecule has 21 heavy (non-hydrogen) atoms. The first-order valence-electron chi connectivity index (χ1n) is 8.28. The Labute approximate surface area is 128 Å². The van der Waals surface area contributed by atoms with Crippen molar-refractivity contribution in [3.8, 4) is 0 Å². The lowest BCUT2D eigenvalue weighted by Crippen LogP contribution is -2.45. The van der Waals surface area contributed by atoms with Crippen molar-refractivity contribution >= 4 is 6.03 Å². The Morgan fingerprint density at radius 1 is 1.29 bits per heavy atom. The van der Waals surface area contributed by atoms with Gasteiger partial charge in [-0.05, 0) is 44.6 Å². The number of nitrogens with zero attached hydrogens (tertiary/aromatic N) is 2. The average molecular weight is 297 g/mol. The van der Waals surface area contributed by atoms with Crippen LogP contribution in [0.5, 0.6) is 0 Å². The van der Waals surface area contributed by atoms with E-state index in [2.05, 4.69) is 31.1 Å². The van der Waals surface area contributed by atoms with E-state index in [0.717, 1.165) is 32.4 Å². The van der Waals surface area contributed by atoms with Gasteiger partial charge in [0.05, 0.1) is 0 Å². The summed E-state index contributed by atoms with van der Waals surface area (Å²) in [7, 11) is 2.20. The number of hydrogen-bond acceptors (Lipinski definition) is 3. The van der Waals surface area contributed by atoms with E-state index in [0.29, 0.717) is 18.6 Å². The normalized spacial score (nSPS) is 26.8. The van der Waals surface area contributed by atoms with Crippen molar-refractivity contribution in [2.75, 3.05) is 33.3 Å². The standard InChI is InChI=1S/C16H31N3O2/c1-16(2,12-20)8-4-9-17-15(21)19-10-7-13-5-6-14(11-19)18(13)3/h13-14,20H,4-12H2,1-3H3,(H,17,21). The fourth-order valence-corrected chi connectivity index (χ4v) is 3.45. The molecule has 0 aromatic rings. The maximum atomic E-state index is 12.3. The monoisotopic (exact) mass is 297 g/mol. The average Bonchev–Trinajstić information content (AvgIpc) is 2.68. The highest BCUT2D eigenvalue weighted by Crippen LogP contribution is 2.28. The summed E-state index contributed by atoms with van der Waals surface area (Å²) in [6.45, 7) is 6.73. The molecule has 2 unspecified atom stereocenters. The molecule has 2 atom stereocenters. The summed E-state index contributed by atoms with van der Waals surface area (Å²) in [6, 6.07) is 1.28. The maximum Gasteiger partial charge on any atom is 0.317 e. The van der Waals surface area contributed by atoms with Crippen LogP contribution < -0.4 is 5.32 Å². The minimum absolute atomic E-state index is 0.0464. The predicted octanol–water partition coefficient (Wildman–Crippen LogP) is 1.66. The number of aliphatic hydroxyl groups excluding tert-OH is 1. The lowest BCUT2D eigenvalue weighted by Gasteiger charge is -2.26. The summed E-state index contributed by atoms with van der Waals surface area (Å²) < 4.78 is 0. The van der Waals surface area contributed by atoms with Crippen LogP contribution in [-0.4, -0.2) is 66.3 Å². The highest BCUT2D eigenvalue weighted by molar-refractivity contribution is 5.74. The first-order chi connectivity index (χ1) is 9.93. The molecule has 2 fully saturated rings. The molecule has 2 aliphatic heterocycles. The molecule has 0 saturated carbocycles. The van der Waals surface area contributed by atoms with E-state index >= 15 is 0 Å². The number of carbonyl (C=O) groups is 1. The van der Waals surface area contributed by atoms with E-state index in [1.807, 2.05) is 4.90 Å². The van der Waals surface area contributed by atoms with Gasteiger partial charge in [0, 0.05) is 38.3 Å². The van der Waals surface area contributed by atoms with E-state index in [4.69, 9.17) is 0 Å². The summed E-state index contributed by atoms with van der Waals surface area (Å²) in [5.41, 5.74) is -0.0464. The van der Waals surface area contributed by atoms with Gasteiger partial charge in [-0.3, -0.25) is 4.90 Å². The topological polar surface area (TPSA) is 55.8 Å². The predicted molar refractivity (Wildman–Crippen MR) is 84.3 cm³/mol. The van der Waals surface area contributed by atoms with Crippen LogP contribution in [0.4, 0.5) is 4.79 Å². The van der Waals surface area contributed by atoms with Gasteiger partial charge >= 0.3 is 6.03 Å². The Hall–Kier alpha value is -0.810. The van der Waals surface area contributed by atoms with Crippen molar-refractivity contribution in [2.45, 2.75) is 58.0 Å². The van der Waals surface area contributed by atoms with Crippen LogP contribution in [0.3, 0.4) is 0 Å². The zero-order valence-electron chi connectivity index (χ0n) is 13.8. The Bertz CT molecular complexity index is 359. The molecular weight excluding hydrogens is 266 g/mol. The van der Waals surface area contributed by atoms with E-state index < -0.39 is 0 Å². The number of nitrogens with one attached hydrogen (secondary N) is 1. The first kappa shape index (κ1) is 16.6. The SMILES string of the molecule is CN1C2CCC1CN(C(=O)NCCCC(C)(C)CO)CC2. The smallest absolute Gasteiger partial charge is 0.317 e. The second-order valence-electron chi connectivity index (χ2n) is 7.44. The van der Waals surface area contributed by atoms with Gasteiger partial charge in [-0.2, -0.15) is 0 Å². The number of hydrogen-bond donors (Lipinski definition) is 2. The first-order valence-corrected chi connectivity index (χ1v) is 8.28. The van der Waals surface area contributed by atoms with Crippen LogP contribution >= 0.6 is 0 Å². The van der Waals surface area contributed by atoms with Gasteiger partial charge in [-0.1, -0.05) is 13.8 Å². The Kier molecular flexibility index (Phi) is 5.49. The van der Waals surface area contributed by atoms with Crippen LogP contribution in [0.2, 0.25) is 0 Å². The van der Waals surface area contributed by atoms with E-state index in [-0.39, 0.29) is 18.1 Å². The van der Waals surface area contributed by atoms with Gasteiger partial charge in [0.1, 0.15) is 0 Å². The largest absolute Gasteiger partial charge is 0.396 e. The number of amides is 2. The Morgan fingerprint density at radius 2 is 2.00 bits per heavy atom.